The zero-order valence-electron chi connectivity index (χ0n) is 11.0. The van der Waals surface area contributed by atoms with Crippen LogP contribution in [0.25, 0.3) is 11.2 Å². The summed E-state index contributed by atoms with van der Waals surface area (Å²) in [5, 5.41) is 5.16. The highest BCUT2D eigenvalue weighted by Crippen LogP contribution is 2.14. The second kappa shape index (κ2) is 5.78. The zero-order chi connectivity index (χ0) is 15.5. The van der Waals surface area contributed by atoms with E-state index in [-0.39, 0.29) is 5.82 Å². The third-order valence-corrected chi connectivity index (χ3v) is 3.04. The van der Waals surface area contributed by atoms with E-state index in [9.17, 15) is 9.59 Å². The summed E-state index contributed by atoms with van der Waals surface area (Å²) in [6.45, 7) is 0. The van der Waals surface area contributed by atoms with Crippen LogP contribution in [0.2, 0.25) is 5.02 Å². The van der Waals surface area contributed by atoms with Crippen molar-refractivity contribution in [3.05, 3.63) is 47.5 Å². The molecule has 0 aliphatic rings. The molecular formula is C13H9ClN6O2. The summed E-state index contributed by atoms with van der Waals surface area (Å²) < 4.78 is 0. The first-order valence-electron chi connectivity index (χ1n) is 6.15. The van der Waals surface area contributed by atoms with Gasteiger partial charge in [-0.15, -0.1) is 0 Å². The second-order valence-corrected chi connectivity index (χ2v) is 4.67. The average molecular weight is 317 g/mol. The summed E-state index contributed by atoms with van der Waals surface area (Å²) in [5.74, 6) is -0.326. The van der Waals surface area contributed by atoms with Crippen molar-refractivity contribution in [1.29, 1.82) is 0 Å². The van der Waals surface area contributed by atoms with Crippen molar-refractivity contribution in [2.24, 2.45) is 0 Å². The zero-order valence-corrected chi connectivity index (χ0v) is 11.8. The van der Waals surface area contributed by atoms with Gasteiger partial charge in [0.15, 0.2) is 11.5 Å². The van der Waals surface area contributed by atoms with Gasteiger partial charge in [-0.3, -0.25) is 15.4 Å². The normalized spacial score (nSPS) is 10.4. The van der Waals surface area contributed by atoms with Crippen molar-refractivity contribution >= 4 is 40.5 Å². The van der Waals surface area contributed by atoms with E-state index in [1.807, 2.05) is 0 Å². The van der Waals surface area contributed by atoms with Crippen LogP contribution in [-0.2, 0) is 0 Å². The summed E-state index contributed by atoms with van der Waals surface area (Å²) in [7, 11) is 0. The van der Waals surface area contributed by atoms with Crippen LogP contribution >= 0.6 is 11.6 Å². The first kappa shape index (κ1) is 14.0. The molecule has 8 nitrogen and oxygen atoms in total. The fourth-order valence-electron chi connectivity index (χ4n) is 1.78. The number of halogens is 1. The van der Waals surface area contributed by atoms with Crippen LogP contribution in [0.5, 0.6) is 0 Å². The van der Waals surface area contributed by atoms with E-state index in [0.717, 1.165) is 0 Å². The fourth-order valence-corrected chi connectivity index (χ4v) is 1.90. The Morgan fingerprint density at radius 1 is 1.09 bits per heavy atom. The molecule has 2 heterocycles. The lowest BCUT2D eigenvalue weighted by Crippen LogP contribution is -2.34. The number of imidazole rings is 1. The van der Waals surface area contributed by atoms with E-state index in [2.05, 4.69) is 30.6 Å². The third-order valence-electron chi connectivity index (χ3n) is 2.79. The number of carbonyl (C=O) groups is 2. The molecule has 22 heavy (non-hydrogen) atoms. The second-order valence-electron chi connectivity index (χ2n) is 4.24. The van der Waals surface area contributed by atoms with Gasteiger partial charge in [0.1, 0.15) is 11.8 Å². The number of imide groups is 1. The van der Waals surface area contributed by atoms with E-state index >= 15 is 0 Å². The molecule has 0 aliphatic carbocycles. The molecule has 1 aromatic carbocycles. The average Bonchev–Trinajstić information content (AvgIpc) is 2.97. The first-order chi connectivity index (χ1) is 10.6. The van der Waals surface area contributed by atoms with Gasteiger partial charge < -0.3 is 4.98 Å². The maximum atomic E-state index is 11.9. The molecule has 110 valence electrons. The Hall–Kier alpha value is -3.00. The number of benzene rings is 1. The highest BCUT2D eigenvalue weighted by molar-refractivity contribution is 6.30. The van der Waals surface area contributed by atoms with Gasteiger partial charge >= 0.3 is 6.03 Å². The van der Waals surface area contributed by atoms with Gasteiger partial charge in [-0.1, -0.05) is 11.6 Å². The van der Waals surface area contributed by atoms with Crippen molar-refractivity contribution in [2.75, 3.05) is 5.32 Å². The summed E-state index contributed by atoms with van der Waals surface area (Å²) in [4.78, 5) is 38.4. The van der Waals surface area contributed by atoms with Crippen LogP contribution < -0.4 is 10.6 Å². The standard InChI is InChI=1S/C13H9ClN6O2/c14-8-3-1-7(2-4-8)12(21)20-13(22)19-11-9-10(16-5-15-9)17-6-18-11/h1-6H,(H3,15,16,17,18,19,20,21,22). The van der Waals surface area contributed by atoms with E-state index in [1.165, 1.54) is 24.8 Å². The molecule has 0 unspecified atom stereocenters. The summed E-state index contributed by atoms with van der Waals surface area (Å²) in [6.07, 6.45) is 2.70. The van der Waals surface area contributed by atoms with Gasteiger partial charge in [-0.25, -0.2) is 19.7 Å². The van der Waals surface area contributed by atoms with Crippen molar-refractivity contribution in [1.82, 2.24) is 25.3 Å². The number of fused-ring (bicyclic) bond motifs is 1. The molecule has 0 bridgehead atoms. The Bertz CT molecular complexity index is 845. The number of nitrogens with zero attached hydrogens (tertiary/aromatic N) is 3. The Morgan fingerprint density at radius 3 is 2.64 bits per heavy atom. The number of rotatable bonds is 2. The fraction of sp³-hybridized carbons (Fsp3) is 0. The number of anilines is 1. The SMILES string of the molecule is O=C(NC(=O)c1ccc(Cl)cc1)Nc1ncnc2nc[nH]c12. The van der Waals surface area contributed by atoms with Gasteiger partial charge in [-0.2, -0.15) is 0 Å². The lowest BCUT2D eigenvalue weighted by Gasteiger charge is -2.06. The Morgan fingerprint density at radius 2 is 1.86 bits per heavy atom. The molecule has 0 saturated heterocycles. The highest BCUT2D eigenvalue weighted by atomic mass is 35.5. The van der Waals surface area contributed by atoms with Crippen LogP contribution in [0.1, 0.15) is 10.4 Å². The van der Waals surface area contributed by atoms with Gasteiger partial charge in [0, 0.05) is 10.6 Å². The molecule has 0 aliphatic heterocycles. The van der Waals surface area contributed by atoms with Gasteiger partial charge in [0.05, 0.1) is 6.33 Å². The lowest BCUT2D eigenvalue weighted by molar-refractivity contribution is 0.0967. The predicted octanol–water partition coefficient (Wildman–Crippen LogP) is 1.97. The first-order valence-corrected chi connectivity index (χ1v) is 6.53. The molecule has 0 atom stereocenters. The molecule has 9 heteroatoms. The Kier molecular flexibility index (Phi) is 3.67. The highest BCUT2D eigenvalue weighted by Gasteiger charge is 2.13. The molecule has 0 saturated carbocycles. The Balaban J connectivity index is 1.71. The number of nitrogens with one attached hydrogen (secondary N) is 3. The Labute approximate surface area is 128 Å². The maximum absolute atomic E-state index is 11.9. The monoisotopic (exact) mass is 316 g/mol. The quantitative estimate of drug-likeness (QED) is 0.669. The molecule has 0 fully saturated rings. The maximum Gasteiger partial charge on any atom is 0.327 e. The number of aromatic nitrogens is 4. The predicted molar refractivity (Wildman–Crippen MR) is 79.6 cm³/mol. The summed E-state index contributed by atoms with van der Waals surface area (Å²) >= 11 is 5.74. The largest absolute Gasteiger partial charge is 0.340 e. The minimum absolute atomic E-state index is 0.226. The van der Waals surface area contributed by atoms with Crippen LogP contribution in [0, 0.1) is 0 Å². The van der Waals surface area contributed by atoms with Crippen molar-refractivity contribution in [3.8, 4) is 0 Å². The molecule has 0 radical (unpaired) electrons. The van der Waals surface area contributed by atoms with Crippen molar-refractivity contribution in [2.45, 2.75) is 0 Å². The summed E-state index contributed by atoms with van der Waals surface area (Å²) in [6, 6.07) is 5.44. The smallest absolute Gasteiger partial charge is 0.327 e. The molecule has 3 N–H and O–H groups in total. The minimum Gasteiger partial charge on any atom is -0.340 e. The molecule has 3 rings (SSSR count). The molecule has 0 spiro atoms. The van der Waals surface area contributed by atoms with E-state index < -0.39 is 11.9 Å². The molecule has 3 amide bonds. The van der Waals surface area contributed by atoms with Gasteiger partial charge in [0.2, 0.25) is 0 Å². The molecule has 2 aromatic heterocycles. The van der Waals surface area contributed by atoms with E-state index in [0.29, 0.717) is 21.7 Å². The number of carbonyl (C=O) groups excluding carboxylic acids is 2. The number of hydrogen-bond acceptors (Lipinski definition) is 5. The molecular weight excluding hydrogens is 308 g/mol. The van der Waals surface area contributed by atoms with Crippen LogP contribution in [0.3, 0.4) is 0 Å². The van der Waals surface area contributed by atoms with E-state index in [4.69, 9.17) is 11.6 Å². The lowest BCUT2D eigenvalue weighted by atomic mass is 10.2. The number of hydrogen-bond donors (Lipinski definition) is 3. The van der Waals surface area contributed by atoms with Gasteiger partial charge in [-0.05, 0) is 24.3 Å². The topological polar surface area (TPSA) is 113 Å². The number of amides is 3. The number of aromatic amines is 1. The number of urea groups is 1. The van der Waals surface area contributed by atoms with Crippen LogP contribution in [-0.4, -0.2) is 31.9 Å². The minimum atomic E-state index is -0.713. The van der Waals surface area contributed by atoms with Crippen molar-refractivity contribution in [3.63, 3.8) is 0 Å². The number of H-pyrrole nitrogens is 1. The molecule has 3 aromatic rings. The van der Waals surface area contributed by atoms with Crippen molar-refractivity contribution < 1.29 is 9.59 Å². The summed E-state index contributed by atoms with van der Waals surface area (Å²) in [5.41, 5.74) is 1.19. The third kappa shape index (κ3) is 2.86. The van der Waals surface area contributed by atoms with E-state index in [1.54, 1.807) is 12.1 Å². The van der Waals surface area contributed by atoms with Crippen LogP contribution in [0.4, 0.5) is 10.6 Å². The van der Waals surface area contributed by atoms with Crippen LogP contribution in [0.15, 0.2) is 36.9 Å². The van der Waals surface area contributed by atoms with Gasteiger partial charge in [0.25, 0.3) is 5.91 Å².